The molecule has 372 valence electrons. The minimum absolute atomic E-state index is 0.132. The number of rotatable bonds is 20. The van der Waals surface area contributed by atoms with E-state index in [0.29, 0.717) is 90.2 Å². The van der Waals surface area contributed by atoms with Gasteiger partial charge in [0.1, 0.15) is 35.7 Å². The topological polar surface area (TPSA) is 160 Å². The summed E-state index contributed by atoms with van der Waals surface area (Å²) in [6.45, 7) is 6.78. The van der Waals surface area contributed by atoms with Gasteiger partial charge in [0.15, 0.2) is 6.61 Å². The van der Waals surface area contributed by atoms with Crippen LogP contribution in [0.5, 0.6) is 11.5 Å². The fourth-order valence-electron chi connectivity index (χ4n) is 8.22. The number of carbonyl (C=O) groups is 1. The van der Waals surface area contributed by atoms with E-state index < -0.39 is 24.9 Å². The van der Waals surface area contributed by atoms with Crippen LogP contribution >= 0.6 is 10.5 Å². The number of hydrogen-bond donors (Lipinski definition) is 5. The number of ether oxygens (including phenoxy) is 3. The summed E-state index contributed by atoms with van der Waals surface area (Å²) in [5.41, 5.74) is 5.12. The number of fused-ring (bicyclic) bond motifs is 1. The van der Waals surface area contributed by atoms with Crippen LogP contribution in [0.2, 0.25) is 0 Å². The van der Waals surface area contributed by atoms with Gasteiger partial charge in [-0.1, -0.05) is 34.6 Å². The molecule has 3 atom stereocenters. The Kier molecular flexibility index (Phi) is 17.3. The van der Waals surface area contributed by atoms with Crippen molar-refractivity contribution in [3.8, 4) is 34.5 Å². The number of anilines is 3. The zero-order valence-electron chi connectivity index (χ0n) is 39.7. The molecule has 5 N–H and O–H groups in total. The van der Waals surface area contributed by atoms with Gasteiger partial charge in [0.2, 0.25) is 0 Å². The third-order valence-corrected chi connectivity index (χ3v) is 13.7. The van der Waals surface area contributed by atoms with Crippen molar-refractivity contribution in [3.05, 3.63) is 112 Å². The lowest BCUT2D eigenvalue weighted by atomic mass is 10.0. The molecule has 0 bridgehead atoms. The van der Waals surface area contributed by atoms with Gasteiger partial charge in [0, 0.05) is 65.2 Å². The molecule has 1 aliphatic heterocycles. The smallest absolute Gasteiger partial charge is 0.406 e. The number of nitrogens with zero attached hydrogens (tertiary/aromatic N) is 3. The Balaban J connectivity index is 0.848. The van der Waals surface area contributed by atoms with E-state index in [9.17, 15) is 27.2 Å². The van der Waals surface area contributed by atoms with Crippen LogP contribution in [0.15, 0.2) is 93.2 Å². The van der Waals surface area contributed by atoms with Gasteiger partial charge >= 0.3 is 6.18 Å². The van der Waals surface area contributed by atoms with Crippen molar-refractivity contribution in [1.29, 1.82) is 0 Å². The van der Waals surface area contributed by atoms with Gasteiger partial charge in [0.05, 0.1) is 55.5 Å². The molecule has 3 aromatic carbocycles. The first kappa shape index (κ1) is 51.1. The summed E-state index contributed by atoms with van der Waals surface area (Å²) in [5.74, 6) is 8.07. The second kappa shape index (κ2) is 23.7. The highest BCUT2D eigenvalue weighted by Gasteiger charge is 2.31. The number of aryl methyl sites for hydroxylation is 2. The summed E-state index contributed by atoms with van der Waals surface area (Å²) < 4.78 is 80.1. The first-order chi connectivity index (χ1) is 33.7. The van der Waals surface area contributed by atoms with Crippen molar-refractivity contribution in [2.45, 2.75) is 63.6 Å². The molecule has 1 fully saturated rings. The molecule has 1 saturated heterocycles. The lowest BCUT2D eigenvalue weighted by molar-refractivity contribution is -0.140. The second-order valence-corrected chi connectivity index (χ2v) is 19.0. The van der Waals surface area contributed by atoms with Gasteiger partial charge in [-0.25, -0.2) is 4.39 Å². The molecule has 7 rings (SSSR count). The van der Waals surface area contributed by atoms with Crippen molar-refractivity contribution in [2.24, 2.45) is 0 Å². The van der Waals surface area contributed by atoms with Crippen molar-refractivity contribution in [2.75, 3.05) is 81.9 Å². The van der Waals surface area contributed by atoms with E-state index in [-0.39, 0.29) is 47.3 Å². The minimum atomic E-state index is -4.48. The molecule has 14 nitrogen and oxygen atoms in total. The van der Waals surface area contributed by atoms with E-state index in [1.807, 2.05) is 63.1 Å². The zero-order chi connectivity index (χ0) is 49.8. The van der Waals surface area contributed by atoms with Gasteiger partial charge in [-0.05, 0) is 100 Å². The summed E-state index contributed by atoms with van der Waals surface area (Å²) >= 11 is 0. The van der Waals surface area contributed by atoms with Crippen molar-refractivity contribution in [1.82, 2.24) is 24.9 Å². The predicted molar refractivity (Wildman–Crippen MR) is 268 cm³/mol. The molecule has 0 saturated carbocycles. The third-order valence-electron chi connectivity index (χ3n) is 11.7. The van der Waals surface area contributed by atoms with Crippen LogP contribution in [0, 0.1) is 25.7 Å². The standard InChI is InChI=1S/C51H58F4N8O6S/c1-6-70(23-22-67-21-19-57-48(64)31-68-38-12-7-10-35(24-38)28-58-45-25-36(29-59-50(45)65)49-33(2)61-69-34(49)3)39-15-16-44(47(27-39)66-5)56-18-9-11-37-26-40-42(60-43-17-20-62(4)30-41(43)52)13-8-14-46(40)63(37)32-51(53,54)55/h6-8,10,12-16,24-27,29,41,43,56,58,60H,17-23,28,30-32H2,1-5H3,(H,57,64)(H,59,65)/t41-,43+,70?/m0/s1. The van der Waals surface area contributed by atoms with Crippen molar-refractivity contribution >= 4 is 49.7 Å². The molecular weight excluding hydrogens is 929 g/mol. The lowest BCUT2D eigenvalue weighted by Gasteiger charge is -2.33. The Labute approximate surface area is 406 Å². The SMILES string of the molecule is C/C=S(\CCOCCNC(=O)COc1cccc(CNc2cc(-c3c(C)noc3C)c[nH]c2=O)c1)c1ccc(NCC#Cc2cc3c(N[C@@H]4CCN(C)C[C@@H]4F)cccc3n2CC(F)(F)F)c(OC)c1. The van der Waals surface area contributed by atoms with Gasteiger partial charge < -0.3 is 54.5 Å². The fraction of sp³-hybridized carbons (Fsp3) is 0.373. The number of amides is 1. The molecule has 19 heteroatoms. The predicted octanol–water partition coefficient (Wildman–Crippen LogP) is 8.36. The Morgan fingerprint density at radius 2 is 1.87 bits per heavy atom. The number of hydrogen-bond acceptors (Lipinski definition) is 11. The number of H-pyrrole nitrogens is 1. The molecule has 6 aromatic rings. The maximum Gasteiger partial charge on any atom is 0.406 e. The molecule has 0 spiro atoms. The number of carbonyl (C=O) groups excluding carboxylic acids is 1. The highest BCUT2D eigenvalue weighted by Crippen LogP contribution is 2.35. The van der Waals surface area contributed by atoms with Crippen LogP contribution in [-0.4, -0.2) is 115 Å². The van der Waals surface area contributed by atoms with Crippen LogP contribution in [0.4, 0.5) is 34.6 Å². The summed E-state index contributed by atoms with van der Waals surface area (Å²) in [6, 6.07) is 21.1. The molecule has 3 aromatic heterocycles. The zero-order valence-corrected chi connectivity index (χ0v) is 40.5. The Morgan fingerprint density at radius 1 is 1.04 bits per heavy atom. The number of piperidine rings is 1. The normalized spacial score (nSPS) is 15.6. The quantitative estimate of drug-likeness (QED) is 0.0217. The Hall–Kier alpha value is -6.75. The lowest BCUT2D eigenvalue weighted by Crippen LogP contribution is -2.46. The molecule has 70 heavy (non-hydrogen) atoms. The van der Waals surface area contributed by atoms with E-state index in [1.165, 1.54) is 0 Å². The van der Waals surface area contributed by atoms with Crippen LogP contribution in [0.25, 0.3) is 22.0 Å². The average Bonchev–Trinajstić information content (AvgIpc) is 3.86. The highest BCUT2D eigenvalue weighted by atomic mass is 32.2. The molecule has 0 aliphatic carbocycles. The summed E-state index contributed by atoms with van der Waals surface area (Å²) in [6.07, 6.45) is -3.39. The largest absolute Gasteiger partial charge is 0.495 e. The van der Waals surface area contributed by atoms with E-state index >= 15 is 0 Å². The Bertz CT molecular complexity index is 2900. The summed E-state index contributed by atoms with van der Waals surface area (Å²) in [7, 11) is 3.14. The number of halogens is 4. The second-order valence-electron chi connectivity index (χ2n) is 16.8. The molecule has 1 unspecified atom stereocenters. The number of likely N-dealkylation sites (tertiary alicyclic amines) is 1. The Morgan fingerprint density at radius 3 is 2.63 bits per heavy atom. The molecular formula is C51H58F4N8O6S. The maximum atomic E-state index is 14.9. The number of pyridine rings is 1. The first-order valence-corrected chi connectivity index (χ1v) is 24.3. The van der Waals surface area contributed by atoms with Gasteiger partial charge in [-0.3, -0.25) is 9.59 Å². The number of aromatic nitrogens is 3. The fourth-order valence-corrected chi connectivity index (χ4v) is 9.76. The monoisotopic (exact) mass is 986 g/mol. The first-order valence-electron chi connectivity index (χ1n) is 22.8. The van der Waals surface area contributed by atoms with E-state index in [0.717, 1.165) is 31.8 Å². The van der Waals surface area contributed by atoms with Gasteiger partial charge in [0.25, 0.3) is 11.5 Å². The van der Waals surface area contributed by atoms with Crippen LogP contribution < -0.4 is 36.3 Å². The number of methoxy groups -OCH3 is 1. The number of alkyl halides is 4. The van der Waals surface area contributed by atoms with Crippen LogP contribution in [0.3, 0.4) is 0 Å². The van der Waals surface area contributed by atoms with Crippen LogP contribution in [-0.2, 0) is 22.6 Å². The van der Waals surface area contributed by atoms with Crippen molar-refractivity contribution in [3.63, 3.8) is 0 Å². The van der Waals surface area contributed by atoms with Gasteiger partial charge in [-0.2, -0.15) is 23.7 Å². The van der Waals surface area contributed by atoms with Crippen LogP contribution in [0.1, 0.15) is 36.1 Å². The number of aromatic amines is 1. The number of benzene rings is 3. The third kappa shape index (κ3) is 13.5. The highest BCUT2D eigenvalue weighted by molar-refractivity contribution is 8.15. The molecule has 4 heterocycles. The van der Waals surface area contributed by atoms with E-state index in [2.05, 4.69) is 48.6 Å². The maximum absolute atomic E-state index is 14.9. The van der Waals surface area contributed by atoms with Gasteiger partial charge in [-0.15, -0.1) is 0 Å². The molecule has 1 aliphatic rings. The summed E-state index contributed by atoms with van der Waals surface area (Å²) in [5, 5.41) is 19.1. The van der Waals surface area contributed by atoms with E-state index in [4.69, 9.17) is 18.7 Å². The molecule has 1 amide bonds. The average molecular weight is 987 g/mol. The minimum Gasteiger partial charge on any atom is -0.495 e. The van der Waals surface area contributed by atoms with E-state index in [1.54, 1.807) is 55.8 Å². The number of nitrogens with one attached hydrogen (secondary N) is 5. The summed E-state index contributed by atoms with van der Waals surface area (Å²) in [4.78, 5) is 30.8. The van der Waals surface area contributed by atoms with Crippen molar-refractivity contribution < 1.29 is 41.1 Å². The molecule has 0 radical (unpaired) electrons.